The van der Waals surface area contributed by atoms with Crippen molar-refractivity contribution in [2.24, 2.45) is 0 Å². The van der Waals surface area contributed by atoms with Crippen LogP contribution in [0.1, 0.15) is 43.6 Å². The number of hydrogen-bond acceptors (Lipinski definition) is 3. The zero-order valence-electron chi connectivity index (χ0n) is 13.2. The number of benzene rings is 1. The van der Waals surface area contributed by atoms with Crippen LogP contribution in [0.4, 0.5) is 0 Å². The summed E-state index contributed by atoms with van der Waals surface area (Å²) >= 11 is 0. The first-order valence-electron chi connectivity index (χ1n) is 6.67. The Kier molecular flexibility index (Phi) is 4.88. The van der Waals surface area contributed by atoms with Gasteiger partial charge < -0.3 is 4.90 Å². The predicted molar refractivity (Wildman–Crippen MR) is 81.9 cm³/mol. The molecule has 0 unspecified atom stereocenters. The third-order valence-electron chi connectivity index (χ3n) is 3.02. The average Bonchev–Trinajstić information content (AvgIpc) is 2.33. The second kappa shape index (κ2) is 6.04. The summed E-state index contributed by atoms with van der Waals surface area (Å²) in [5.74, 6) is -0.449. The van der Waals surface area contributed by atoms with E-state index in [2.05, 4.69) is 20.8 Å². The van der Waals surface area contributed by atoms with Crippen molar-refractivity contribution in [3.63, 3.8) is 0 Å². The lowest BCUT2D eigenvalue weighted by molar-refractivity contribution is -0.113. The first-order valence-corrected chi connectivity index (χ1v) is 6.67. The van der Waals surface area contributed by atoms with Crippen molar-refractivity contribution in [2.45, 2.75) is 33.1 Å². The van der Waals surface area contributed by atoms with E-state index in [1.54, 1.807) is 37.3 Å². The lowest BCUT2D eigenvalue weighted by atomic mass is 9.86. The van der Waals surface area contributed by atoms with Crippen molar-refractivity contribution < 1.29 is 9.59 Å². The zero-order valence-corrected chi connectivity index (χ0v) is 13.2. The highest BCUT2D eigenvalue weighted by molar-refractivity contribution is 6.25. The molecule has 3 heteroatoms. The molecule has 20 heavy (non-hydrogen) atoms. The molecule has 0 fully saturated rings. The molecule has 0 saturated heterocycles. The maximum Gasteiger partial charge on any atom is 0.198 e. The van der Waals surface area contributed by atoms with Gasteiger partial charge in [-0.1, -0.05) is 45.0 Å². The van der Waals surface area contributed by atoms with E-state index in [1.165, 1.54) is 6.92 Å². The van der Waals surface area contributed by atoms with Crippen LogP contribution in [0, 0.1) is 0 Å². The van der Waals surface area contributed by atoms with Gasteiger partial charge in [0, 0.05) is 25.9 Å². The third-order valence-corrected chi connectivity index (χ3v) is 3.02. The Morgan fingerprint density at radius 1 is 1.05 bits per heavy atom. The van der Waals surface area contributed by atoms with Gasteiger partial charge in [-0.3, -0.25) is 9.59 Å². The van der Waals surface area contributed by atoms with Crippen LogP contribution in [0.3, 0.4) is 0 Å². The molecule has 3 nitrogen and oxygen atoms in total. The van der Waals surface area contributed by atoms with Crippen LogP contribution in [0.25, 0.3) is 0 Å². The molecule has 1 aromatic rings. The van der Waals surface area contributed by atoms with Gasteiger partial charge in [-0.15, -0.1) is 0 Å². The van der Waals surface area contributed by atoms with Crippen LogP contribution in [0.2, 0.25) is 0 Å². The Bertz CT molecular complexity index is 531. The molecule has 0 radical (unpaired) electrons. The van der Waals surface area contributed by atoms with Crippen LogP contribution in [-0.4, -0.2) is 30.6 Å². The molecule has 0 atom stereocenters. The topological polar surface area (TPSA) is 37.4 Å². The van der Waals surface area contributed by atoms with Crippen molar-refractivity contribution in [3.8, 4) is 0 Å². The molecular formula is C17H23NO2. The van der Waals surface area contributed by atoms with Gasteiger partial charge in [0.15, 0.2) is 11.6 Å². The molecule has 0 N–H and O–H groups in total. The van der Waals surface area contributed by atoms with E-state index < -0.39 is 0 Å². The maximum atomic E-state index is 12.4. The fourth-order valence-corrected chi connectivity index (χ4v) is 1.84. The van der Waals surface area contributed by atoms with Crippen LogP contribution < -0.4 is 0 Å². The Hall–Kier alpha value is -1.90. The van der Waals surface area contributed by atoms with Crippen LogP contribution in [0.5, 0.6) is 0 Å². The van der Waals surface area contributed by atoms with E-state index in [1.807, 2.05) is 12.1 Å². The SMILES string of the molecule is CC(=O)/C(=C\N(C)C)C(=O)c1ccc(C(C)(C)C)cc1. The molecule has 0 aromatic heterocycles. The third kappa shape index (κ3) is 4.05. The van der Waals surface area contributed by atoms with E-state index >= 15 is 0 Å². The van der Waals surface area contributed by atoms with Crippen molar-refractivity contribution in [1.29, 1.82) is 0 Å². The number of ketones is 2. The Balaban J connectivity index is 3.11. The number of nitrogens with zero attached hydrogens (tertiary/aromatic N) is 1. The molecule has 0 aliphatic heterocycles. The molecule has 0 aliphatic rings. The minimum Gasteiger partial charge on any atom is -0.383 e. The van der Waals surface area contributed by atoms with Crippen molar-refractivity contribution >= 4 is 11.6 Å². The number of Topliss-reactive ketones (excluding diaryl/α,β-unsaturated/α-hetero) is 2. The maximum absolute atomic E-state index is 12.4. The second-order valence-corrected chi connectivity index (χ2v) is 6.22. The normalized spacial score (nSPS) is 12.2. The summed E-state index contributed by atoms with van der Waals surface area (Å²) in [6.07, 6.45) is 1.57. The van der Waals surface area contributed by atoms with Crippen LogP contribution in [-0.2, 0) is 10.2 Å². The van der Waals surface area contributed by atoms with Crippen molar-refractivity contribution in [3.05, 3.63) is 47.2 Å². The molecule has 0 spiro atoms. The van der Waals surface area contributed by atoms with Gasteiger partial charge in [-0.25, -0.2) is 0 Å². The van der Waals surface area contributed by atoms with E-state index in [0.29, 0.717) is 5.56 Å². The molecule has 108 valence electrons. The van der Waals surface area contributed by atoms with Gasteiger partial charge in [0.05, 0.1) is 5.57 Å². The fourth-order valence-electron chi connectivity index (χ4n) is 1.84. The molecule has 0 amide bonds. The number of hydrogen-bond donors (Lipinski definition) is 0. The first kappa shape index (κ1) is 16.2. The molecule has 0 aliphatic carbocycles. The Morgan fingerprint density at radius 2 is 1.55 bits per heavy atom. The second-order valence-electron chi connectivity index (χ2n) is 6.22. The summed E-state index contributed by atoms with van der Waals surface area (Å²) in [6.45, 7) is 7.78. The van der Waals surface area contributed by atoms with Gasteiger partial charge in [-0.05, 0) is 17.9 Å². The summed E-state index contributed by atoms with van der Waals surface area (Å²) in [6, 6.07) is 7.46. The first-order chi connectivity index (χ1) is 9.12. The van der Waals surface area contributed by atoms with E-state index in [9.17, 15) is 9.59 Å². The zero-order chi connectivity index (χ0) is 15.5. The average molecular weight is 273 g/mol. The summed E-state index contributed by atoms with van der Waals surface area (Å²) in [5, 5.41) is 0. The highest BCUT2D eigenvalue weighted by Gasteiger charge is 2.18. The van der Waals surface area contributed by atoms with Gasteiger partial charge in [-0.2, -0.15) is 0 Å². The molecule has 1 aromatic carbocycles. The van der Waals surface area contributed by atoms with Gasteiger partial charge >= 0.3 is 0 Å². The molecule has 1 rings (SSSR count). The highest BCUT2D eigenvalue weighted by Crippen LogP contribution is 2.23. The lowest BCUT2D eigenvalue weighted by Gasteiger charge is -2.19. The lowest BCUT2D eigenvalue weighted by Crippen LogP contribution is -2.16. The summed E-state index contributed by atoms with van der Waals surface area (Å²) < 4.78 is 0. The summed E-state index contributed by atoms with van der Waals surface area (Å²) in [7, 11) is 3.58. The monoisotopic (exact) mass is 273 g/mol. The van der Waals surface area contributed by atoms with Crippen LogP contribution in [0.15, 0.2) is 36.0 Å². The van der Waals surface area contributed by atoms with Crippen molar-refractivity contribution in [2.75, 3.05) is 14.1 Å². The van der Waals surface area contributed by atoms with E-state index in [4.69, 9.17) is 0 Å². The van der Waals surface area contributed by atoms with Crippen LogP contribution >= 0.6 is 0 Å². The quantitative estimate of drug-likeness (QED) is 0.366. The predicted octanol–water partition coefficient (Wildman–Crippen LogP) is 3.20. The Morgan fingerprint density at radius 3 is 1.90 bits per heavy atom. The van der Waals surface area contributed by atoms with Crippen molar-refractivity contribution in [1.82, 2.24) is 4.90 Å². The highest BCUT2D eigenvalue weighted by atomic mass is 16.1. The largest absolute Gasteiger partial charge is 0.383 e. The standard InChI is InChI=1S/C17H23NO2/c1-12(19)15(11-18(5)6)16(20)13-7-9-14(10-8-13)17(2,3)4/h7-11H,1-6H3/b15-11+. The molecular weight excluding hydrogens is 250 g/mol. The van der Waals surface area contributed by atoms with Gasteiger partial charge in [0.2, 0.25) is 0 Å². The smallest absolute Gasteiger partial charge is 0.198 e. The molecule has 0 heterocycles. The van der Waals surface area contributed by atoms with E-state index in [-0.39, 0.29) is 22.6 Å². The minimum absolute atomic E-state index is 0.0461. The fraction of sp³-hybridized carbons (Fsp3) is 0.412. The summed E-state index contributed by atoms with van der Waals surface area (Å²) in [5.41, 5.74) is 1.96. The van der Waals surface area contributed by atoms with Gasteiger partial charge in [0.1, 0.15) is 0 Å². The number of rotatable bonds is 4. The molecule has 0 saturated carbocycles. The number of allylic oxidation sites excluding steroid dienone is 1. The minimum atomic E-state index is -0.230. The number of carbonyl (C=O) groups excluding carboxylic acids is 2. The number of carbonyl (C=O) groups is 2. The molecule has 0 bridgehead atoms. The van der Waals surface area contributed by atoms with E-state index in [0.717, 1.165) is 5.56 Å². The summed E-state index contributed by atoms with van der Waals surface area (Å²) in [4.78, 5) is 25.7. The Labute approximate surface area is 121 Å². The van der Waals surface area contributed by atoms with Gasteiger partial charge in [0.25, 0.3) is 0 Å².